The van der Waals surface area contributed by atoms with Crippen molar-refractivity contribution >= 4 is 15.7 Å². The molecule has 0 unspecified atom stereocenters. The quantitative estimate of drug-likeness (QED) is 0.646. The van der Waals surface area contributed by atoms with Crippen molar-refractivity contribution in [1.29, 1.82) is 0 Å². The minimum Gasteiger partial charge on any atom is -0.478 e. The number of benzene rings is 1. The van der Waals surface area contributed by atoms with Crippen LogP contribution >= 0.6 is 0 Å². The lowest BCUT2D eigenvalue weighted by Crippen LogP contribution is -2.12. The van der Waals surface area contributed by atoms with Crippen LogP contribution in [0, 0.1) is 5.82 Å². The zero-order valence-electron chi connectivity index (χ0n) is 15.1. The minimum atomic E-state index is -3.53. The second-order valence-electron chi connectivity index (χ2n) is 5.81. The van der Waals surface area contributed by atoms with E-state index in [-0.39, 0.29) is 24.0 Å². The Morgan fingerprint density at radius 2 is 1.86 bits per heavy atom. The van der Waals surface area contributed by atoms with Gasteiger partial charge in [0.15, 0.2) is 0 Å². The van der Waals surface area contributed by atoms with Gasteiger partial charge in [0.2, 0.25) is 15.9 Å². The topological polar surface area (TPSA) is 103 Å². The first kappa shape index (κ1) is 19.5. The van der Waals surface area contributed by atoms with Crippen LogP contribution in [0.2, 0.25) is 0 Å². The number of nitrogens with one attached hydrogen (secondary N) is 1. The summed E-state index contributed by atoms with van der Waals surface area (Å²) < 4.78 is 49.3. The van der Waals surface area contributed by atoms with E-state index < -0.39 is 10.0 Å². The number of halogens is 1. The predicted octanol–water partition coefficient (Wildman–Crippen LogP) is 2.64. The lowest BCUT2D eigenvalue weighted by atomic mass is 10.2. The van der Waals surface area contributed by atoms with Crippen molar-refractivity contribution in [1.82, 2.24) is 15.2 Å². The highest BCUT2D eigenvalue weighted by Gasteiger charge is 2.14. The van der Waals surface area contributed by atoms with E-state index >= 15 is 0 Å². The van der Waals surface area contributed by atoms with Gasteiger partial charge in [-0.1, -0.05) is 18.2 Å². The van der Waals surface area contributed by atoms with Crippen LogP contribution in [0.5, 0.6) is 11.8 Å². The fraction of sp³-hybridized carbons (Fsp3) is 0.167. The van der Waals surface area contributed by atoms with Gasteiger partial charge in [-0.3, -0.25) is 4.72 Å². The number of sulfonamides is 1. The summed E-state index contributed by atoms with van der Waals surface area (Å²) in [5, 5.41) is 7.87. The number of rotatable bonds is 7. The first-order chi connectivity index (χ1) is 13.3. The minimum absolute atomic E-state index is 0.0349. The van der Waals surface area contributed by atoms with Gasteiger partial charge in [0.05, 0.1) is 19.1 Å². The Morgan fingerprint density at radius 3 is 2.57 bits per heavy atom. The van der Waals surface area contributed by atoms with Crippen LogP contribution in [0.1, 0.15) is 5.56 Å². The Hall–Kier alpha value is -3.27. The summed E-state index contributed by atoms with van der Waals surface area (Å²) in [6.07, 6.45) is 1.02. The molecule has 2 heterocycles. The molecule has 3 aromatic rings. The zero-order valence-corrected chi connectivity index (χ0v) is 15.9. The van der Waals surface area contributed by atoms with Crippen LogP contribution in [-0.4, -0.2) is 37.0 Å². The van der Waals surface area contributed by atoms with E-state index in [0.717, 1.165) is 6.26 Å². The van der Waals surface area contributed by atoms with E-state index in [4.69, 9.17) is 9.47 Å². The Bertz CT molecular complexity index is 1090. The van der Waals surface area contributed by atoms with Gasteiger partial charge in [-0.25, -0.2) is 17.8 Å². The van der Waals surface area contributed by atoms with Crippen molar-refractivity contribution < 1.29 is 22.3 Å². The third kappa shape index (κ3) is 5.13. The number of ether oxygens (including phenoxy) is 2. The first-order valence-electron chi connectivity index (χ1n) is 8.08. The van der Waals surface area contributed by atoms with Crippen molar-refractivity contribution in [3.05, 3.63) is 59.9 Å². The number of hydrogen-bond acceptors (Lipinski definition) is 7. The molecule has 2 aromatic heterocycles. The van der Waals surface area contributed by atoms with Crippen LogP contribution in [0.15, 0.2) is 48.5 Å². The van der Waals surface area contributed by atoms with Crippen LogP contribution in [-0.2, 0) is 16.6 Å². The molecule has 0 fully saturated rings. The van der Waals surface area contributed by atoms with Crippen molar-refractivity contribution in [2.45, 2.75) is 6.61 Å². The maximum absolute atomic E-state index is 13.3. The standard InChI is InChI=1S/C18H17FN4O4S/c1-26-18-16(23-28(2,24)25)10-15(21-22-18)14-7-4-8-17(20-14)27-11-12-5-3-6-13(19)9-12/h3-10H,11H2,1-2H3,(H,21,23). The smallest absolute Gasteiger partial charge is 0.257 e. The molecule has 28 heavy (non-hydrogen) atoms. The van der Waals surface area contributed by atoms with Crippen molar-refractivity contribution in [3.8, 4) is 23.1 Å². The monoisotopic (exact) mass is 404 g/mol. The van der Waals surface area contributed by atoms with Crippen LogP contribution < -0.4 is 14.2 Å². The number of anilines is 1. The number of hydrogen-bond donors (Lipinski definition) is 1. The fourth-order valence-electron chi connectivity index (χ4n) is 2.35. The van der Waals surface area contributed by atoms with Crippen LogP contribution in [0.3, 0.4) is 0 Å². The summed E-state index contributed by atoms with van der Waals surface area (Å²) in [6.45, 7) is 0.142. The Labute approximate surface area is 161 Å². The van der Waals surface area contributed by atoms with Crippen LogP contribution in [0.4, 0.5) is 10.1 Å². The average Bonchev–Trinajstić information content (AvgIpc) is 2.65. The number of methoxy groups -OCH3 is 1. The Kier molecular flexibility index (Phi) is 5.69. The highest BCUT2D eigenvalue weighted by atomic mass is 32.2. The molecule has 8 nitrogen and oxygen atoms in total. The predicted molar refractivity (Wildman–Crippen MR) is 101 cm³/mol. The summed E-state index contributed by atoms with van der Waals surface area (Å²) in [5.41, 5.74) is 1.55. The van der Waals surface area contributed by atoms with Crippen molar-refractivity contribution in [3.63, 3.8) is 0 Å². The second kappa shape index (κ2) is 8.17. The second-order valence-corrected chi connectivity index (χ2v) is 7.55. The molecule has 0 amide bonds. The molecule has 10 heteroatoms. The fourth-order valence-corrected chi connectivity index (χ4v) is 2.90. The van der Waals surface area contributed by atoms with E-state index in [1.807, 2.05) is 0 Å². The van der Waals surface area contributed by atoms with Gasteiger partial charge >= 0.3 is 0 Å². The summed E-state index contributed by atoms with van der Waals surface area (Å²) >= 11 is 0. The third-order valence-corrected chi connectivity index (χ3v) is 4.10. The molecular weight excluding hydrogens is 387 g/mol. The Morgan fingerprint density at radius 1 is 1.07 bits per heavy atom. The maximum atomic E-state index is 13.3. The molecule has 1 aromatic carbocycles. The summed E-state index contributed by atoms with van der Waals surface area (Å²) in [7, 11) is -2.18. The molecule has 0 aliphatic carbocycles. The van der Waals surface area contributed by atoms with E-state index in [1.54, 1.807) is 30.3 Å². The van der Waals surface area contributed by atoms with E-state index in [1.165, 1.54) is 25.3 Å². The molecular formula is C18H17FN4O4S. The zero-order chi connectivity index (χ0) is 20.1. The highest BCUT2D eigenvalue weighted by molar-refractivity contribution is 7.92. The molecule has 0 aliphatic heterocycles. The molecule has 0 radical (unpaired) electrons. The molecule has 0 bridgehead atoms. The lowest BCUT2D eigenvalue weighted by Gasteiger charge is -2.10. The van der Waals surface area contributed by atoms with Crippen LogP contribution in [0.25, 0.3) is 11.4 Å². The first-order valence-corrected chi connectivity index (χ1v) is 9.97. The van der Waals surface area contributed by atoms with Gasteiger partial charge < -0.3 is 9.47 Å². The van der Waals surface area contributed by atoms with E-state index in [9.17, 15) is 12.8 Å². The molecule has 146 valence electrons. The van der Waals surface area contributed by atoms with Crippen molar-refractivity contribution in [2.24, 2.45) is 0 Å². The third-order valence-electron chi connectivity index (χ3n) is 3.51. The van der Waals surface area contributed by atoms with Gasteiger partial charge in [0, 0.05) is 6.07 Å². The normalized spacial score (nSPS) is 11.1. The maximum Gasteiger partial charge on any atom is 0.257 e. The van der Waals surface area contributed by atoms with Gasteiger partial charge in [0.1, 0.15) is 23.8 Å². The molecule has 3 rings (SSSR count). The highest BCUT2D eigenvalue weighted by Crippen LogP contribution is 2.27. The summed E-state index contributed by atoms with van der Waals surface area (Å²) in [4.78, 5) is 4.34. The number of pyridine rings is 1. The summed E-state index contributed by atoms with van der Waals surface area (Å²) in [5.74, 6) is -0.00749. The molecule has 1 N–H and O–H groups in total. The van der Waals surface area contributed by atoms with E-state index in [2.05, 4.69) is 19.9 Å². The number of aromatic nitrogens is 3. The van der Waals surface area contributed by atoms with Gasteiger partial charge in [-0.15, -0.1) is 10.2 Å². The average molecular weight is 404 g/mol. The van der Waals surface area contributed by atoms with Gasteiger partial charge in [0.25, 0.3) is 5.88 Å². The van der Waals surface area contributed by atoms with E-state index in [0.29, 0.717) is 22.8 Å². The van der Waals surface area contributed by atoms with Gasteiger partial charge in [-0.05, 0) is 29.8 Å². The SMILES string of the molecule is COc1nnc(-c2cccc(OCc3cccc(F)c3)n2)cc1NS(C)(=O)=O. The Balaban J connectivity index is 1.84. The summed E-state index contributed by atoms with van der Waals surface area (Å²) in [6, 6.07) is 12.6. The van der Waals surface area contributed by atoms with Gasteiger partial charge in [-0.2, -0.15) is 0 Å². The number of nitrogens with zero attached hydrogens (tertiary/aromatic N) is 3. The molecule has 0 spiro atoms. The largest absolute Gasteiger partial charge is 0.478 e. The molecule has 0 aliphatic rings. The lowest BCUT2D eigenvalue weighted by molar-refractivity contribution is 0.293. The molecule has 0 saturated carbocycles. The van der Waals surface area contributed by atoms with Crippen molar-refractivity contribution in [2.75, 3.05) is 18.1 Å². The molecule has 0 saturated heterocycles. The molecule has 0 atom stereocenters.